The zero-order chi connectivity index (χ0) is 23.8. The lowest BCUT2D eigenvalue weighted by molar-refractivity contribution is -0.137. The van der Waals surface area contributed by atoms with E-state index < -0.39 is 29.7 Å². The fourth-order valence-electron chi connectivity index (χ4n) is 2.86. The Bertz CT molecular complexity index is 1330. The summed E-state index contributed by atoms with van der Waals surface area (Å²) in [5.41, 5.74) is 0.760. The van der Waals surface area contributed by atoms with Crippen LogP contribution in [0.1, 0.15) is 27.9 Å². The molecule has 1 amide bonds. The molecule has 4 aromatic rings. The van der Waals surface area contributed by atoms with E-state index in [1.165, 1.54) is 31.7 Å². The smallest absolute Gasteiger partial charge is 0.416 e. The quantitative estimate of drug-likeness (QED) is 0.418. The van der Waals surface area contributed by atoms with Crippen LogP contribution >= 0.6 is 11.3 Å². The molecule has 0 radical (unpaired) electrons. The highest BCUT2D eigenvalue weighted by Gasteiger charge is 2.30. The summed E-state index contributed by atoms with van der Waals surface area (Å²) < 4.78 is 43.5. The van der Waals surface area contributed by atoms with Crippen LogP contribution in [0.5, 0.6) is 0 Å². The van der Waals surface area contributed by atoms with E-state index in [1.807, 2.05) is 0 Å². The number of hydrogen-bond acceptors (Lipinski definition) is 8. The Labute approximate surface area is 188 Å². The maximum absolute atomic E-state index is 12.8. The van der Waals surface area contributed by atoms with Crippen LogP contribution in [0.25, 0.3) is 21.7 Å². The number of nitrogens with one attached hydrogen (secondary N) is 2. The van der Waals surface area contributed by atoms with Gasteiger partial charge in [-0.05, 0) is 26.0 Å². The first-order valence-corrected chi connectivity index (χ1v) is 10.3. The second kappa shape index (κ2) is 8.58. The monoisotopic (exact) mass is 476 g/mol. The van der Waals surface area contributed by atoms with Gasteiger partial charge in [0.25, 0.3) is 5.91 Å². The molecular formula is C20H15F3N6O3S. The standard InChI is InChI=1S/C20H15F3N6O3S/c1-9-14(33-18(28-9)11-3-5-12(6-4-11)20(21,22)23)19(31)32-10(2)17(30)29-16-13-15(25-7-24-13)26-8-27-16/h3-8,10H,1-2H3,(H2,24,25,26,27,29,30). The van der Waals surface area contributed by atoms with Crippen LogP contribution in [-0.2, 0) is 15.7 Å². The molecule has 9 nitrogen and oxygen atoms in total. The number of aromatic nitrogens is 5. The van der Waals surface area contributed by atoms with Gasteiger partial charge in [0, 0.05) is 5.56 Å². The Kier molecular flexibility index (Phi) is 5.80. The van der Waals surface area contributed by atoms with Gasteiger partial charge in [0.15, 0.2) is 17.6 Å². The van der Waals surface area contributed by atoms with Gasteiger partial charge >= 0.3 is 12.1 Å². The molecule has 4 rings (SSSR count). The van der Waals surface area contributed by atoms with Gasteiger partial charge in [-0.15, -0.1) is 11.3 Å². The zero-order valence-electron chi connectivity index (χ0n) is 17.1. The van der Waals surface area contributed by atoms with Crippen LogP contribution in [0.2, 0.25) is 0 Å². The second-order valence-electron chi connectivity index (χ2n) is 6.87. The number of anilines is 1. The number of nitrogens with zero attached hydrogens (tertiary/aromatic N) is 4. The molecular weight excluding hydrogens is 461 g/mol. The Balaban J connectivity index is 1.45. The summed E-state index contributed by atoms with van der Waals surface area (Å²) in [5, 5.41) is 2.90. The van der Waals surface area contributed by atoms with E-state index in [0.29, 0.717) is 27.4 Å². The number of thiazole rings is 1. The van der Waals surface area contributed by atoms with E-state index >= 15 is 0 Å². The van der Waals surface area contributed by atoms with Gasteiger partial charge in [-0.3, -0.25) is 4.79 Å². The average Bonchev–Trinajstić information content (AvgIpc) is 3.40. The molecule has 1 atom stereocenters. The number of imidazole rings is 1. The van der Waals surface area contributed by atoms with Gasteiger partial charge < -0.3 is 15.0 Å². The normalized spacial score (nSPS) is 12.5. The number of carbonyl (C=O) groups is 2. The third-order valence-corrected chi connectivity index (χ3v) is 5.75. The van der Waals surface area contributed by atoms with Crippen molar-refractivity contribution in [1.29, 1.82) is 0 Å². The third-order valence-electron chi connectivity index (χ3n) is 4.56. The maximum Gasteiger partial charge on any atom is 0.416 e. The SMILES string of the molecule is Cc1nc(-c2ccc(C(F)(F)F)cc2)sc1C(=O)OC(C)C(=O)Nc1ncnc2nc[nH]c12. The number of carbonyl (C=O) groups excluding carboxylic acids is 2. The van der Waals surface area contributed by atoms with E-state index in [-0.39, 0.29) is 10.7 Å². The molecule has 1 unspecified atom stereocenters. The lowest BCUT2D eigenvalue weighted by Gasteiger charge is -2.12. The van der Waals surface area contributed by atoms with Crippen LogP contribution in [0.3, 0.4) is 0 Å². The summed E-state index contributed by atoms with van der Waals surface area (Å²) in [4.78, 5) is 44.2. The highest BCUT2D eigenvalue weighted by molar-refractivity contribution is 7.17. The van der Waals surface area contributed by atoms with Gasteiger partial charge in [-0.1, -0.05) is 12.1 Å². The second-order valence-corrected chi connectivity index (χ2v) is 7.87. The van der Waals surface area contributed by atoms with Crippen molar-refractivity contribution in [2.45, 2.75) is 26.1 Å². The Morgan fingerprint density at radius 3 is 2.58 bits per heavy atom. The minimum absolute atomic E-state index is 0.141. The molecule has 0 saturated carbocycles. The molecule has 1 aromatic carbocycles. The molecule has 0 spiro atoms. The van der Waals surface area contributed by atoms with Gasteiger partial charge in [0.05, 0.1) is 17.6 Å². The number of hydrogen-bond donors (Lipinski definition) is 2. The number of aryl methyl sites for hydroxylation is 1. The minimum Gasteiger partial charge on any atom is -0.448 e. The molecule has 170 valence electrons. The largest absolute Gasteiger partial charge is 0.448 e. The predicted octanol–water partition coefficient (Wildman–Crippen LogP) is 3.99. The summed E-state index contributed by atoms with van der Waals surface area (Å²) in [7, 11) is 0. The fraction of sp³-hybridized carbons (Fsp3) is 0.200. The molecule has 0 aliphatic rings. The van der Waals surface area contributed by atoms with E-state index in [4.69, 9.17) is 4.74 Å². The number of alkyl halides is 3. The molecule has 3 heterocycles. The van der Waals surface area contributed by atoms with Crippen LogP contribution in [-0.4, -0.2) is 42.9 Å². The lowest BCUT2D eigenvalue weighted by atomic mass is 10.1. The Morgan fingerprint density at radius 2 is 1.88 bits per heavy atom. The predicted molar refractivity (Wildman–Crippen MR) is 112 cm³/mol. The van der Waals surface area contributed by atoms with Gasteiger partial charge in [0.1, 0.15) is 21.7 Å². The van der Waals surface area contributed by atoms with Crippen LogP contribution in [0.15, 0.2) is 36.9 Å². The highest BCUT2D eigenvalue weighted by atomic mass is 32.1. The van der Waals surface area contributed by atoms with Crippen LogP contribution in [0.4, 0.5) is 19.0 Å². The van der Waals surface area contributed by atoms with Crippen molar-refractivity contribution in [2.75, 3.05) is 5.32 Å². The van der Waals surface area contributed by atoms with E-state index in [2.05, 4.69) is 30.2 Å². The number of aromatic amines is 1. The number of ether oxygens (including phenoxy) is 1. The van der Waals surface area contributed by atoms with Crippen molar-refractivity contribution in [3.05, 3.63) is 53.1 Å². The molecule has 2 N–H and O–H groups in total. The minimum atomic E-state index is -4.45. The molecule has 13 heteroatoms. The van der Waals surface area contributed by atoms with Gasteiger partial charge in [0.2, 0.25) is 0 Å². The molecule has 0 aliphatic carbocycles. The first-order chi connectivity index (χ1) is 15.6. The Hall–Kier alpha value is -3.87. The third kappa shape index (κ3) is 4.67. The van der Waals surface area contributed by atoms with Crippen LogP contribution < -0.4 is 5.32 Å². The summed E-state index contributed by atoms with van der Waals surface area (Å²) in [6, 6.07) is 4.45. The van der Waals surface area contributed by atoms with E-state index in [9.17, 15) is 22.8 Å². The topological polar surface area (TPSA) is 123 Å². The zero-order valence-corrected chi connectivity index (χ0v) is 17.9. The number of fused-ring (bicyclic) bond motifs is 1. The number of amides is 1. The van der Waals surface area contributed by atoms with E-state index in [0.717, 1.165) is 23.5 Å². The number of rotatable bonds is 5. The summed E-state index contributed by atoms with van der Waals surface area (Å²) in [5.74, 6) is -1.22. The summed E-state index contributed by atoms with van der Waals surface area (Å²) >= 11 is 0.962. The molecule has 0 bridgehead atoms. The highest BCUT2D eigenvalue weighted by Crippen LogP contribution is 2.33. The van der Waals surface area contributed by atoms with E-state index in [1.54, 1.807) is 6.92 Å². The van der Waals surface area contributed by atoms with Crippen molar-refractivity contribution < 1.29 is 27.5 Å². The van der Waals surface area contributed by atoms with Crippen molar-refractivity contribution in [1.82, 2.24) is 24.9 Å². The summed E-state index contributed by atoms with van der Waals surface area (Å²) in [6.07, 6.45) is -2.97. The molecule has 0 fully saturated rings. The molecule has 0 saturated heterocycles. The fourth-order valence-corrected chi connectivity index (χ4v) is 3.81. The van der Waals surface area contributed by atoms with Gasteiger partial charge in [-0.2, -0.15) is 13.2 Å². The molecule has 3 aromatic heterocycles. The van der Waals surface area contributed by atoms with Crippen molar-refractivity contribution >= 4 is 40.2 Å². The van der Waals surface area contributed by atoms with Crippen molar-refractivity contribution in [3.63, 3.8) is 0 Å². The maximum atomic E-state index is 12.8. The van der Waals surface area contributed by atoms with Crippen molar-refractivity contribution in [3.8, 4) is 10.6 Å². The first kappa shape index (κ1) is 22.3. The number of benzene rings is 1. The average molecular weight is 476 g/mol. The van der Waals surface area contributed by atoms with Crippen LogP contribution in [0, 0.1) is 6.92 Å². The number of H-pyrrole nitrogens is 1. The Morgan fingerprint density at radius 1 is 1.15 bits per heavy atom. The lowest BCUT2D eigenvalue weighted by Crippen LogP contribution is -2.30. The number of halogens is 3. The molecule has 0 aliphatic heterocycles. The number of esters is 1. The first-order valence-electron chi connectivity index (χ1n) is 9.44. The summed E-state index contributed by atoms with van der Waals surface area (Å²) in [6.45, 7) is 2.97. The van der Waals surface area contributed by atoms with Gasteiger partial charge in [-0.25, -0.2) is 24.7 Å². The molecule has 33 heavy (non-hydrogen) atoms. The van der Waals surface area contributed by atoms with Crippen molar-refractivity contribution in [2.24, 2.45) is 0 Å².